The first-order chi connectivity index (χ1) is 63.8. The highest BCUT2D eigenvalue weighted by Crippen LogP contribution is 2.12. The molecule has 0 saturated carbocycles. The minimum Gasteiger partial charge on any atom is -0.454 e. The molecule has 0 spiro atoms. The van der Waals surface area contributed by atoms with Crippen molar-refractivity contribution in [3.63, 3.8) is 0 Å². The predicted molar refractivity (Wildman–Crippen MR) is 508 cm³/mol. The van der Waals surface area contributed by atoms with Crippen LogP contribution < -0.4 is 63.1 Å². The van der Waals surface area contributed by atoms with Crippen molar-refractivity contribution in [2.24, 2.45) is 21.9 Å². The average Bonchev–Trinajstić information content (AvgIpc) is 0.844. The molecule has 0 fully saturated rings. The van der Waals surface area contributed by atoms with Crippen LogP contribution in [-0.2, 0) is 116 Å². The lowest BCUT2D eigenvalue weighted by Gasteiger charge is -2.17. The molecule has 47 heteroatoms. The molecule has 0 aromatic heterocycles. The third-order valence-corrected chi connectivity index (χ3v) is 19.4. The van der Waals surface area contributed by atoms with Gasteiger partial charge in [-0.25, -0.2) is 108 Å². The smallest absolute Gasteiger partial charge is 0.428 e. The Labute approximate surface area is 800 Å². The van der Waals surface area contributed by atoms with Gasteiger partial charge < -0.3 is 48.6 Å². The molecule has 39 nitrogen and oxygen atoms in total. The molecule has 15 N–H and O–H groups in total. The number of rotatable bonds is 28. The number of carbonyl (C=O) groups is 10. The number of alkyl carbamates (subject to hydrolysis) is 3. The van der Waals surface area contributed by atoms with Crippen molar-refractivity contribution in [2.45, 2.75) is 124 Å². The molecule has 0 saturated heterocycles. The van der Waals surface area contributed by atoms with Crippen LogP contribution in [0.5, 0.6) is 0 Å². The molecule has 732 valence electrons. The van der Waals surface area contributed by atoms with Gasteiger partial charge in [0.2, 0.25) is 10.0 Å². The SMILES string of the molecule is C/C=N/NC(=O)OCc1ccccc1.CC=O.CCCNC(=O)OCc1ccccc1.CCCNC(=O)OCc1ccccc1.CCN(N)C(=O)NS(=O)(=O)c1ccccc1.CCOC(=O)Cl.CCOC(=O)NS(=O)(=O)c1ccccc1.CNC(NC(=O)OCc1ccccc1)C(=O)NS(=O)(=O)c1ccccc1.ClC(Cl)Cl.NNC(=O)OCc1ccccc1.NS(=O)(=O)c1ccccc1. The lowest BCUT2D eigenvalue weighted by molar-refractivity contribution is -0.122. The molecule has 9 aromatic carbocycles. The van der Waals surface area contributed by atoms with Gasteiger partial charge in [-0.1, -0.05) is 273 Å². The normalized spacial score (nSPS) is 10.2. The number of likely N-dealkylation sites (N-methyl/N-ethyl adjacent to an activating group) is 1. The number of hydrazine groups is 2. The second-order valence-electron chi connectivity index (χ2n) is 24.6. The third kappa shape index (κ3) is 65.5. The van der Waals surface area contributed by atoms with E-state index in [4.69, 9.17) is 91.7 Å². The first-order valence-electron chi connectivity index (χ1n) is 39.7. The number of primary sulfonamides is 1. The summed E-state index contributed by atoms with van der Waals surface area (Å²) in [4.78, 5) is 108. The van der Waals surface area contributed by atoms with Gasteiger partial charge in [-0.05, 0) is 131 Å². The number of nitrogens with two attached hydrogens (primary N) is 3. The maximum absolute atomic E-state index is 12.2. The number of aldehydes is 1. The van der Waals surface area contributed by atoms with Crippen molar-refractivity contribution in [1.82, 2.24) is 51.3 Å². The Hall–Kier alpha value is -13.1. The summed E-state index contributed by atoms with van der Waals surface area (Å²) in [5, 5.41) is 19.2. The number of amides is 9. The summed E-state index contributed by atoms with van der Waals surface area (Å²) in [6, 6.07) is 76.7. The van der Waals surface area contributed by atoms with Crippen molar-refractivity contribution in [1.29, 1.82) is 0 Å². The number of halogens is 4. The largest absolute Gasteiger partial charge is 0.454 e. The first kappa shape index (κ1) is 123. The summed E-state index contributed by atoms with van der Waals surface area (Å²) in [6.07, 6.45) is -0.930. The summed E-state index contributed by atoms with van der Waals surface area (Å²) < 4.78 is 130. The number of hydrogen-bond donors (Lipinski definition) is 12. The number of ether oxygens (including phenoxy) is 7. The summed E-state index contributed by atoms with van der Waals surface area (Å²) in [7, 11) is -13.8. The molecule has 9 rings (SSSR count). The van der Waals surface area contributed by atoms with E-state index in [0.717, 1.165) is 52.0 Å². The van der Waals surface area contributed by atoms with Crippen LogP contribution in [-0.4, -0.2) is 155 Å². The Balaban J connectivity index is 0. The van der Waals surface area contributed by atoms with Crippen LogP contribution >= 0.6 is 46.4 Å². The molecule has 9 amide bonds. The molecule has 0 radical (unpaired) electrons. The van der Waals surface area contributed by atoms with Gasteiger partial charge >= 0.3 is 48.0 Å². The van der Waals surface area contributed by atoms with E-state index < -0.39 is 92.3 Å². The van der Waals surface area contributed by atoms with Gasteiger partial charge in [0.15, 0.2) is 10.5 Å². The van der Waals surface area contributed by atoms with E-state index in [9.17, 15) is 76.8 Å². The van der Waals surface area contributed by atoms with Crippen LogP contribution in [0.4, 0.5) is 38.4 Å². The average molecular weight is 2020 g/mol. The van der Waals surface area contributed by atoms with Crippen LogP contribution in [0.25, 0.3) is 0 Å². The van der Waals surface area contributed by atoms with E-state index in [1.54, 1.807) is 117 Å². The van der Waals surface area contributed by atoms with Crippen LogP contribution in [0.15, 0.2) is 298 Å². The zero-order chi connectivity index (χ0) is 101. The van der Waals surface area contributed by atoms with Gasteiger partial charge in [0.05, 0.1) is 32.8 Å². The Morgan fingerprint density at radius 3 is 0.933 bits per heavy atom. The molecule has 0 aliphatic carbocycles. The van der Waals surface area contributed by atoms with Crippen molar-refractivity contribution >= 4 is 153 Å². The minimum atomic E-state index is -4.04. The zero-order valence-corrected chi connectivity index (χ0v) is 80.5. The van der Waals surface area contributed by atoms with Gasteiger partial charge in [-0.2, -0.15) is 5.10 Å². The zero-order valence-electron chi connectivity index (χ0n) is 74.3. The fraction of sp³-hybridized carbons (Fsp3) is 0.253. The molecule has 134 heavy (non-hydrogen) atoms. The highest BCUT2D eigenvalue weighted by atomic mass is 35.6. The van der Waals surface area contributed by atoms with Crippen molar-refractivity contribution in [3.8, 4) is 0 Å². The van der Waals surface area contributed by atoms with Gasteiger partial charge in [-0.15, -0.1) is 0 Å². The van der Waals surface area contributed by atoms with Crippen LogP contribution in [0.3, 0.4) is 0 Å². The van der Waals surface area contributed by atoms with Crippen molar-refractivity contribution in [2.75, 3.05) is 39.9 Å². The highest BCUT2D eigenvalue weighted by molar-refractivity contribution is 7.90. The second kappa shape index (κ2) is 75.5. The minimum absolute atomic E-state index is 0.0209. The summed E-state index contributed by atoms with van der Waals surface area (Å²) in [5.74, 6) is 9.13. The highest BCUT2D eigenvalue weighted by Gasteiger charge is 2.26. The standard InChI is InChI=1S/C17H19N3O5S.2C11H15NO2.C10H12N2O2.C9H13N3O3S.C9H11NO4S.C8H10N2O2.C6H7NO2S.C3H5ClO2.C2H4O.CHCl3/c1-18-15(19-17(22)25-12-13-8-4-2-5-9-13)16(21)20-26(23,24)14-10-6-3-7-11-14;2*1-2-8-12-11(13)14-9-10-6-4-3-5-7-10;1-2-11-12-10(13)14-8-9-6-4-3-5-7-9;1-2-12(10)9(13)11-16(14,15)8-6-4-3-5-7-8;1-2-14-9(11)10-15(12,13)8-6-4-3-5-7-8;9-10-8(11)12-6-7-4-2-1-3-5-7;7-10(8,9)6-4-2-1-3-5-6;1-2-6-3(4)5;1-2-3;2-1(3)4/h2-11,15,18H,12H2,1H3,(H,19,22)(H,20,21);2*3-7H,2,8-9H2,1H3,(H,12,13);2-7H,8H2,1H3,(H,12,13);3-7H,2,10H2,1H3,(H,11,13);3-7H,2H2,1H3,(H,10,11);1-5H,6,9H2,(H,10,11);1-5H,(H2,7,8,9);2H2,1H3;2H,1H3;1H/b;;;11-2+;;;;;;;. The fourth-order valence-corrected chi connectivity index (χ4v) is 11.8. The van der Waals surface area contributed by atoms with Crippen LogP contribution in [0, 0.1) is 0 Å². The maximum Gasteiger partial charge on any atom is 0.428 e. The summed E-state index contributed by atoms with van der Waals surface area (Å²) in [6.45, 7) is 15.3. The lowest BCUT2D eigenvalue weighted by Crippen LogP contribution is -2.54. The second-order valence-corrected chi connectivity index (χ2v) is 33.5. The van der Waals surface area contributed by atoms with E-state index in [2.05, 4.69) is 41.3 Å². The van der Waals surface area contributed by atoms with Gasteiger partial charge in [-0.3, -0.25) is 25.9 Å². The Bertz CT molecular complexity index is 5210. The number of urea groups is 1. The van der Waals surface area contributed by atoms with Crippen molar-refractivity contribution in [3.05, 3.63) is 301 Å². The monoisotopic (exact) mass is 2020 g/mol. The van der Waals surface area contributed by atoms with E-state index >= 15 is 0 Å². The molecule has 1 unspecified atom stereocenters. The topological polar surface area (TPSA) is 574 Å². The molecule has 9 aromatic rings. The number of alkyl halides is 3. The summed E-state index contributed by atoms with van der Waals surface area (Å²) in [5.41, 5.74) is 8.00. The Morgan fingerprint density at radius 1 is 0.403 bits per heavy atom. The van der Waals surface area contributed by atoms with E-state index in [0.29, 0.717) is 32.9 Å². The molecule has 1 atom stereocenters. The Morgan fingerprint density at radius 2 is 0.679 bits per heavy atom. The fourth-order valence-electron chi connectivity index (χ4n) is 8.27. The molecular weight excluding hydrogens is 1910 g/mol. The molecular formula is C87H112Cl4N14O25S4. The number of carbonyl (C=O) groups excluding carboxylic acids is 10. The number of sulfonamides is 4. The van der Waals surface area contributed by atoms with Gasteiger partial charge in [0.1, 0.15) is 39.3 Å². The van der Waals surface area contributed by atoms with Crippen LogP contribution in [0.2, 0.25) is 0 Å². The van der Waals surface area contributed by atoms with E-state index in [1.807, 2.05) is 156 Å². The predicted octanol–water partition coefficient (Wildman–Crippen LogP) is 13.6. The maximum atomic E-state index is 12.2. The molecule has 0 heterocycles. The number of hydrogen-bond acceptors (Lipinski definition) is 29. The van der Waals surface area contributed by atoms with Crippen molar-refractivity contribution < 1.29 is 115 Å². The third-order valence-electron chi connectivity index (χ3n) is 14.4. The Kier molecular flexibility index (Phi) is 69.3. The lowest BCUT2D eigenvalue weighted by atomic mass is 10.2. The van der Waals surface area contributed by atoms with E-state index in [-0.39, 0.29) is 64.7 Å². The van der Waals surface area contributed by atoms with Gasteiger partial charge in [0.25, 0.3) is 36.0 Å². The molecule has 0 aliphatic rings. The summed E-state index contributed by atoms with van der Waals surface area (Å²) >= 11 is 19.1. The molecule has 0 bridgehead atoms. The first-order valence-corrected chi connectivity index (χ1v) is 47.3. The quantitative estimate of drug-likeness (QED) is 0.00249. The number of benzene rings is 9. The number of nitrogens with zero attached hydrogens (tertiary/aromatic N) is 2. The molecule has 0 aliphatic heterocycles. The van der Waals surface area contributed by atoms with Gasteiger partial charge in [0, 0.05) is 37.4 Å². The number of nitrogens with one attached hydrogen (secondary N) is 9. The number of hydrazone groups is 1. The van der Waals surface area contributed by atoms with Crippen LogP contribution in [0.1, 0.15) is 89.1 Å². The van der Waals surface area contributed by atoms with E-state index in [1.165, 1.54) is 80.8 Å².